The molecule has 33 heavy (non-hydrogen) atoms. The van der Waals surface area contributed by atoms with Crippen LogP contribution < -0.4 is 10.6 Å². The second-order valence-corrected chi connectivity index (χ2v) is 7.11. The second kappa shape index (κ2) is 12.5. The van der Waals surface area contributed by atoms with Crippen LogP contribution in [0.3, 0.4) is 0 Å². The zero-order valence-corrected chi connectivity index (χ0v) is 17.4. The van der Waals surface area contributed by atoms with Crippen molar-refractivity contribution in [1.29, 1.82) is 0 Å². The van der Waals surface area contributed by atoms with Crippen LogP contribution in [-0.2, 0) is 14.3 Å². The Morgan fingerprint density at radius 1 is 0.879 bits per heavy atom. The maximum absolute atomic E-state index is 13.1. The fourth-order valence-electron chi connectivity index (χ4n) is 2.84. The van der Waals surface area contributed by atoms with Gasteiger partial charge in [0.05, 0.1) is 11.3 Å². The SMILES string of the molecule is O=C(COCC(=O)Nc1ccc(Cl)cc1C(=O)O)Nc1cccc(-c2ccc(F)cc2)c1.[NaH]. The molecule has 0 radical (unpaired) electrons. The number of carboxylic acid groups (broad SMARTS) is 1. The standard InChI is InChI=1S/C23H18ClFN2O5.Na.H/c24-16-6-9-20(19(11-16)23(30)31)27-22(29)13-32-12-21(28)26-18-3-1-2-15(10-18)14-4-7-17(25)8-5-14;;/h1-11H,12-13H2,(H,26,28)(H,27,29)(H,30,31);;. The van der Waals surface area contributed by atoms with Crippen LogP contribution in [-0.4, -0.2) is 65.7 Å². The van der Waals surface area contributed by atoms with Gasteiger partial charge in [-0.25, -0.2) is 9.18 Å². The summed E-state index contributed by atoms with van der Waals surface area (Å²) in [7, 11) is 0. The van der Waals surface area contributed by atoms with Crippen molar-refractivity contribution in [2.45, 2.75) is 0 Å². The van der Waals surface area contributed by atoms with Crippen LogP contribution in [0.2, 0.25) is 5.02 Å². The van der Waals surface area contributed by atoms with Gasteiger partial charge >= 0.3 is 35.5 Å². The third-order valence-corrected chi connectivity index (χ3v) is 4.51. The van der Waals surface area contributed by atoms with E-state index in [0.29, 0.717) is 5.69 Å². The number of carbonyl (C=O) groups is 3. The van der Waals surface area contributed by atoms with Crippen molar-refractivity contribution in [3.63, 3.8) is 0 Å². The molecule has 0 aliphatic carbocycles. The molecule has 0 bridgehead atoms. The number of halogens is 2. The molecule has 3 aromatic carbocycles. The predicted octanol–water partition coefficient (Wildman–Crippen LogP) is 3.79. The number of hydrogen-bond acceptors (Lipinski definition) is 4. The zero-order chi connectivity index (χ0) is 23.1. The Bertz CT molecular complexity index is 1160. The molecule has 3 rings (SSSR count). The van der Waals surface area contributed by atoms with Crippen molar-refractivity contribution in [2.24, 2.45) is 0 Å². The molecule has 0 atom stereocenters. The zero-order valence-electron chi connectivity index (χ0n) is 16.6. The van der Waals surface area contributed by atoms with Gasteiger partial charge in [0.1, 0.15) is 19.0 Å². The fraction of sp³-hybridized carbons (Fsp3) is 0.0870. The molecule has 10 heteroatoms. The van der Waals surface area contributed by atoms with E-state index in [2.05, 4.69) is 10.6 Å². The molecule has 0 fully saturated rings. The van der Waals surface area contributed by atoms with Crippen molar-refractivity contribution in [1.82, 2.24) is 0 Å². The third-order valence-electron chi connectivity index (χ3n) is 4.28. The molecule has 166 valence electrons. The summed E-state index contributed by atoms with van der Waals surface area (Å²) in [6.07, 6.45) is 0. The normalized spacial score (nSPS) is 10.1. The van der Waals surface area contributed by atoms with Crippen molar-refractivity contribution < 1.29 is 28.6 Å². The van der Waals surface area contributed by atoms with Gasteiger partial charge in [-0.3, -0.25) is 9.59 Å². The first-order valence-corrected chi connectivity index (χ1v) is 9.76. The third kappa shape index (κ3) is 7.96. The first-order chi connectivity index (χ1) is 15.3. The second-order valence-electron chi connectivity index (χ2n) is 6.67. The van der Waals surface area contributed by atoms with Crippen molar-refractivity contribution in [2.75, 3.05) is 23.8 Å². The van der Waals surface area contributed by atoms with Crippen LogP contribution in [0.4, 0.5) is 15.8 Å². The number of rotatable bonds is 8. The number of carbonyl (C=O) groups excluding carboxylic acids is 2. The Morgan fingerprint density at radius 3 is 2.21 bits per heavy atom. The van der Waals surface area contributed by atoms with E-state index >= 15 is 0 Å². The molecule has 0 aliphatic rings. The van der Waals surface area contributed by atoms with E-state index in [-0.39, 0.29) is 58.3 Å². The van der Waals surface area contributed by atoms with Gasteiger partial charge in [0.25, 0.3) is 0 Å². The first-order valence-electron chi connectivity index (χ1n) is 9.38. The van der Waals surface area contributed by atoms with Gasteiger partial charge in [0.15, 0.2) is 0 Å². The summed E-state index contributed by atoms with van der Waals surface area (Å²) in [6, 6.07) is 17.0. The Morgan fingerprint density at radius 2 is 1.55 bits per heavy atom. The summed E-state index contributed by atoms with van der Waals surface area (Å²) in [5, 5.41) is 14.5. The number of ether oxygens (including phenoxy) is 1. The first kappa shape index (κ1) is 26.5. The average molecular weight is 481 g/mol. The van der Waals surface area contributed by atoms with Crippen LogP contribution in [0.25, 0.3) is 11.1 Å². The van der Waals surface area contributed by atoms with Gasteiger partial charge in [0, 0.05) is 10.7 Å². The molecule has 0 heterocycles. The van der Waals surface area contributed by atoms with E-state index < -0.39 is 24.4 Å². The minimum atomic E-state index is -1.24. The fourth-order valence-corrected chi connectivity index (χ4v) is 3.01. The summed E-state index contributed by atoms with van der Waals surface area (Å²) >= 11 is 5.77. The number of benzene rings is 3. The Labute approximate surface area is 216 Å². The molecule has 7 nitrogen and oxygen atoms in total. The topological polar surface area (TPSA) is 105 Å². The van der Waals surface area contributed by atoms with Gasteiger partial charge in [-0.2, -0.15) is 0 Å². The van der Waals surface area contributed by atoms with Crippen LogP contribution in [0, 0.1) is 5.82 Å². The number of amides is 2. The quantitative estimate of drug-likeness (QED) is 0.425. The van der Waals surface area contributed by atoms with Crippen molar-refractivity contribution in [3.05, 3.63) is 83.1 Å². The molecular formula is C23H19ClFN2NaO5. The van der Waals surface area contributed by atoms with Crippen molar-refractivity contribution in [3.8, 4) is 11.1 Å². The molecular weight excluding hydrogens is 462 g/mol. The number of carboxylic acids is 1. The molecule has 0 saturated heterocycles. The van der Waals surface area contributed by atoms with Crippen LogP contribution in [0.1, 0.15) is 10.4 Å². The van der Waals surface area contributed by atoms with Crippen LogP contribution in [0.15, 0.2) is 66.7 Å². The van der Waals surface area contributed by atoms with E-state index in [4.69, 9.17) is 16.3 Å². The molecule has 3 aromatic rings. The molecule has 0 spiro atoms. The van der Waals surface area contributed by atoms with E-state index in [1.165, 1.54) is 30.3 Å². The van der Waals surface area contributed by atoms with E-state index in [1.807, 2.05) is 6.07 Å². The Kier molecular flexibility index (Phi) is 10.0. The summed E-state index contributed by atoms with van der Waals surface area (Å²) in [5.41, 5.74) is 2.00. The molecule has 0 aliphatic heterocycles. The monoisotopic (exact) mass is 480 g/mol. The summed E-state index contributed by atoms with van der Waals surface area (Å²) in [4.78, 5) is 35.4. The van der Waals surface area contributed by atoms with E-state index in [9.17, 15) is 23.9 Å². The van der Waals surface area contributed by atoms with Gasteiger partial charge in [-0.15, -0.1) is 0 Å². The Balaban J connectivity index is 0.00000385. The van der Waals surface area contributed by atoms with Crippen LogP contribution >= 0.6 is 11.6 Å². The molecule has 0 saturated carbocycles. The molecule has 0 unspecified atom stereocenters. The van der Waals surface area contributed by atoms with Gasteiger partial charge in [-0.1, -0.05) is 35.9 Å². The predicted molar refractivity (Wildman–Crippen MR) is 125 cm³/mol. The Hall–Kier alpha value is -2.75. The number of anilines is 2. The summed E-state index contributed by atoms with van der Waals surface area (Å²) in [5.74, 6) is -2.69. The number of nitrogens with one attached hydrogen (secondary N) is 2. The van der Waals surface area contributed by atoms with Gasteiger partial charge in [0.2, 0.25) is 11.8 Å². The number of hydrogen-bond donors (Lipinski definition) is 3. The van der Waals surface area contributed by atoms with Crippen LogP contribution in [0.5, 0.6) is 0 Å². The van der Waals surface area contributed by atoms with E-state index in [0.717, 1.165) is 11.1 Å². The summed E-state index contributed by atoms with van der Waals surface area (Å²) < 4.78 is 18.2. The minimum absolute atomic E-state index is 0. The molecule has 0 aromatic heterocycles. The maximum atomic E-state index is 13.1. The average Bonchev–Trinajstić information content (AvgIpc) is 2.75. The summed E-state index contributed by atoms with van der Waals surface area (Å²) in [6.45, 7) is -0.842. The number of aromatic carboxylic acids is 1. The molecule has 3 N–H and O–H groups in total. The van der Waals surface area contributed by atoms with Gasteiger partial charge in [-0.05, 0) is 53.6 Å². The van der Waals surface area contributed by atoms with Crippen molar-refractivity contribution >= 4 is 70.3 Å². The molecule has 2 amide bonds. The van der Waals surface area contributed by atoms with Gasteiger partial charge < -0.3 is 20.5 Å². The van der Waals surface area contributed by atoms with E-state index in [1.54, 1.807) is 30.3 Å².